The normalized spacial score (nSPS) is 17.6. The SMILES string of the molecule is CCCOc1ccc(C2C(=C(O)c3ccncc3)C(=O)C(=O)N2CCOC)cc1OCC. The zero-order valence-corrected chi connectivity index (χ0v) is 18.5. The lowest BCUT2D eigenvalue weighted by Gasteiger charge is -2.26. The average Bonchev–Trinajstić information content (AvgIpc) is 3.07. The van der Waals surface area contributed by atoms with Crippen LogP contribution in [0.1, 0.15) is 37.4 Å². The predicted molar refractivity (Wildman–Crippen MR) is 119 cm³/mol. The fourth-order valence-corrected chi connectivity index (χ4v) is 3.61. The second-order valence-corrected chi connectivity index (χ2v) is 7.21. The Balaban J connectivity index is 2.14. The number of aromatic nitrogens is 1. The van der Waals surface area contributed by atoms with Gasteiger partial charge in [-0.25, -0.2) is 0 Å². The number of likely N-dealkylation sites (tertiary alicyclic amines) is 1. The van der Waals surface area contributed by atoms with Gasteiger partial charge in [-0.15, -0.1) is 0 Å². The third-order valence-electron chi connectivity index (χ3n) is 5.08. The van der Waals surface area contributed by atoms with Crippen LogP contribution in [0.3, 0.4) is 0 Å². The summed E-state index contributed by atoms with van der Waals surface area (Å²) in [6, 6.07) is 7.68. The number of ether oxygens (including phenoxy) is 3. The summed E-state index contributed by atoms with van der Waals surface area (Å²) in [4.78, 5) is 31.2. The molecule has 8 nitrogen and oxygen atoms in total. The van der Waals surface area contributed by atoms with Crippen LogP contribution >= 0.6 is 0 Å². The van der Waals surface area contributed by atoms with Crippen LogP contribution < -0.4 is 9.47 Å². The first-order valence-electron chi connectivity index (χ1n) is 10.6. The number of hydrogen-bond donors (Lipinski definition) is 1. The molecule has 1 aromatic carbocycles. The molecule has 1 atom stereocenters. The van der Waals surface area contributed by atoms with Gasteiger partial charge < -0.3 is 24.2 Å². The molecule has 1 unspecified atom stereocenters. The van der Waals surface area contributed by atoms with E-state index >= 15 is 0 Å². The molecule has 0 saturated carbocycles. The molecule has 3 rings (SSSR count). The molecule has 2 aromatic rings. The molecule has 2 heterocycles. The van der Waals surface area contributed by atoms with Gasteiger partial charge in [0.2, 0.25) is 0 Å². The van der Waals surface area contributed by atoms with Gasteiger partial charge in [-0.3, -0.25) is 14.6 Å². The topological polar surface area (TPSA) is 98.2 Å². The Bertz CT molecular complexity index is 989. The molecule has 1 aromatic heterocycles. The van der Waals surface area contributed by atoms with Gasteiger partial charge in [-0.2, -0.15) is 0 Å². The smallest absolute Gasteiger partial charge is 0.295 e. The summed E-state index contributed by atoms with van der Waals surface area (Å²) >= 11 is 0. The van der Waals surface area contributed by atoms with Gasteiger partial charge in [0.1, 0.15) is 5.76 Å². The molecule has 1 aliphatic heterocycles. The summed E-state index contributed by atoms with van der Waals surface area (Å²) in [5.41, 5.74) is 1.05. The van der Waals surface area contributed by atoms with Crippen molar-refractivity contribution in [2.24, 2.45) is 0 Å². The molecule has 8 heteroatoms. The lowest BCUT2D eigenvalue weighted by molar-refractivity contribution is -0.140. The Kier molecular flexibility index (Phi) is 7.83. The summed E-state index contributed by atoms with van der Waals surface area (Å²) in [5.74, 6) is -0.586. The predicted octanol–water partition coefficient (Wildman–Crippen LogP) is 3.34. The van der Waals surface area contributed by atoms with Gasteiger partial charge in [0, 0.05) is 31.6 Å². The van der Waals surface area contributed by atoms with E-state index in [0.717, 1.165) is 6.42 Å². The molecule has 0 spiro atoms. The highest BCUT2D eigenvalue weighted by Gasteiger charge is 2.46. The molecule has 170 valence electrons. The number of hydrogen-bond acceptors (Lipinski definition) is 7. The largest absolute Gasteiger partial charge is 0.507 e. The van der Waals surface area contributed by atoms with Crippen LogP contribution in [0.5, 0.6) is 11.5 Å². The fraction of sp³-hybridized carbons (Fsp3) is 0.375. The zero-order chi connectivity index (χ0) is 23.1. The van der Waals surface area contributed by atoms with Crippen molar-refractivity contribution >= 4 is 17.4 Å². The lowest BCUT2D eigenvalue weighted by Crippen LogP contribution is -2.32. The van der Waals surface area contributed by atoms with Gasteiger partial charge >= 0.3 is 0 Å². The summed E-state index contributed by atoms with van der Waals surface area (Å²) in [7, 11) is 1.52. The van der Waals surface area contributed by atoms with Crippen LogP contribution in [-0.4, -0.2) is 60.2 Å². The van der Waals surface area contributed by atoms with E-state index in [4.69, 9.17) is 14.2 Å². The first-order valence-corrected chi connectivity index (χ1v) is 10.6. The fourth-order valence-electron chi connectivity index (χ4n) is 3.61. The Labute approximate surface area is 187 Å². The van der Waals surface area contributed by atoms with Gasteiger partial charge in [-0.05, 0) is 43.2 Å². The van der Waals surface area contributed by atoms with Crippen molar-refractivity contribution in [3.05, 3.63) is 59.4 Å². The van der Waals surface area contributed by atoms with Crippen molar-refractivity contribution in [3.63, 3.8) is 0 Å². The highest BCUT2D eigenvalue weighted by Crippen LogP contribution is 2.41. The molecule has 0 radical (unpaired) electrons. The van der Waals surface area contributed by atoms with Crippen LogP contribution in [0.4, 0.5) is 0 Å². The second kappa shape index (κ2) is 10.8. The van der Waals surface area contributed by atoms with E-state index in [2.05, 4.69) is 4.98 Å². The summed E-state index contributed by atoms with van der Waals surface area (Å²) in [5, 5.41) is 11.0. The first kappa shape index (κ1) is 23.3. The van der Waals surface area contributed by atoms with Crippen molar-refractivity contribution in [3.8, 4) is 11.5 Å². The van der Waals surface area contributed by atoms with Crippen LogP contribution in [0.25, 0.3) is 5.76 Å². The van der Waals surface area contributed by atoms with Gasteiger partial charge in [0.05, 0.1) is 31.4 Å². The lowest BCUT2D eigenvalue weighted by atomic mass is 9.95. The molecule has 1 saturated heterocycles. The molecule has 32 heavy (non-hydrogen) atoms. The third-order valence-corrected chi connectivity index (χ3v) is 5.08. The highest BCUT2D eigenvalue weighted by atomic mass is 16.5. The molecule has 1 amide bonds. The van der Waals surface area contributed by atoms with E-state index in [-0.39, 0.29) is 24.5 Å². The van der Waals surface area contributed by atoms with Crippen molar-refractivity contribution < 1.29 is 28.9 Å². The molecule has 1 aliphatic rings. The maximum atomic E-state index is 13.0. The number of pyridine rings is 1. The van der Waals surface area contributed by atoms with E-state index in [1.54, 1.807) is 30.3 Å². The minimum Gasteiger partial charge on any atom is -0.507 e. The summed E-state index contributed by atoms with van der Waals surface area (Å²) < 4.78 is 16.7. The van der Waals surface area contributed by atoms with Crippen molar-refractivity contribution in [1.29, 1.82) is 0 Å². The van der Waals surface area contributed by atoms with Crippen molar-refractivity contribution in [2.45, 2.75) is 26.3 Å². The number of rotatable bonds is 10. The van der Waals surface area contributed by atoms with Gasteiger partial charge in [0.15, 0.2) is 11.5 Å². The number of carbonyl (C=O) groups excluding carboxylic acids is 2. The minimum atomic E-state index is -0.794. The van der Waals surface area contributed by atoms with Crippen LogP contribution in [-0.2, 0) is 14.3 Å². The maximum absolute atomic E-state index is 13.0. The van der Waals surface area contributed by atoms with E-state index in [0.29, 0.717) is 35.8 Å². The average molecular weight is 440 g/mol. The third kappa shape index (κ3) is 4.75. The number of aliphatic hydroxyl groups excluding tert-OH is 1. The number of aliphatic hydroxyl groups is 1. The van der Waals surface area contributed by atoms with Crippen molar-refractivity contribution in [2.75, 3.05) is 33.5 Å². The maximum Gasteiger partial charge on any atom is 0.295 e. The van der Waals surface area contributed by atoms with E-state index in [1.807, 2.05) is 13.8 Å². The van der Waals surface area contributed by atoms with E-state index in [1.165, 1.54) is 24.4 Å². The van der Waals surface area contributed by atoms with Crippen LogP contribution in [0, 0.1) is 0 Å². The molecular weight excluding hydrogens is 412 g/mol. The first-order chi connectivity index (χ1) is 15.5. The van der Waals surface area contributed by atoms with Crippen molar-refractivity contribution in [1.82, 2.24) is 9.88 Å². The Morgan fingerprint density at radius 1 is 1.06 bits per heavy atom. The quantitative estimate of drug-likeness (QED) is 0.344. The summed E-state index contributed by atoms with van der Waals surface area (Å²) in [6.07, 6.45) is 3.87. The number of amides is 1. The van der Waals surface area contributed by atoms with E-state index < -0.39 is 17.7 Å². The molecule has 1 N–H and O–H groups in total. The monoisotopic (exact) mass is 440 g/mol. The van der Waals surface area contributed by atoms with Gasteiger partial charge in [0.25, 0.3) is 11.7 Å². The number of Topliss-reactive ketones (excluding diaryl/α,β-unsaturated/α-hetero) is 1. The molecular formula is C24H28N2O6. The van der Waals surface area contributed by atoms with E-state index in [9.17, 15) is 14.7 Å². The number of ketones is 1. The Hall–Kier alpha value is -3.39. The number of benzene rings is 1. The zero-order valence-electron chi connectivity index (χ0n) is 18.5. The number of nitrogens with zero attached hydrogens (tertiary/aromatic N) is 2. The Morgan fingerprint density at radius 3 is 2.47 bits per heavy atom. The highest BCUT2D eigenvalue weighted by molar-refractivity contribution is 6.46. The minimum absolute atomic E-state index is 0.0157. The van der Waals surface area contributed by atoms with Gasteiger partial charge in [-0.1, -0.05) is 13.0 Å². The number of carbonyl (C=O) groups is 2. The summed E-state index contributed by atoms with van der Waals surface area (Å²) in [6.45, 7) is 5.27. The standard InChI is InChI=1S/C24H28N2O6/c1-4-13-32-18-7-6-17(15-19(18)31-5-2)21-20(22(27)16-8-10-25-11-9-16)23(28)24(29)26(21)12-14-30-3/h6-11,15,21,27H,4-5,12-14H2,1-3H3. The van der Waals surface area contributed by atoms with Crippen LogP contribution in [0.15, 0.2) is 48.3 Å². The Morgan fingerprint density at radius 2 is 1.81 bits per heavy atom. The molecule has 0 bridgehead atoms. The molecule has 0 aliphatic carbocycles. The van der Waals surface area contributed by atoms with Crippen LogP contribution in [0.2, 0.25) is 0 Å². The molecule has 1 fully saturated rings. The second-order valence-electron chi connectivity index (χ2n) is 7.21. The number of methoxy groups -OCH3 is 1.